The highest BCUT2D eigenvalue weighted by Gasteiger charge is 2.45. The van der Waals surface area contributed by atoms with E-state index in [0.717, 1.165) is 65.8 Å². The summed E-state index contributed by atoms with van der Waals surface area (Å²) in [6, 6.07) is 21.9. The number of carbonyl (C=O) groups excluding carboxylic acids is 1. The molecule has 51 heavy (non-hydrogen) atoms. The highest BCUT2D eigenvalue weighted by molar-refractivity contribution is 7.91. The Bertz CT molecular complexity index is 2010. The van der Waals surface area contributed by atoms with Gasteiger partial charge in [0.1, 0.15) is 19.0 Å². The van der Waals surface area contributed by atoms with Crippen LogP contribution in [0.15, 0.2) is 72.8 Å². The fourth-order valence-corrected chi connectivity index (χ4v) is 9.08. The molecule has 0 bridgehead atoms. The molecule has 10 nitrogen and oxygen atoms in total. The summed E-state index contributed by atoms with van der Waals surface area (Å²) in [5.41, 5.74) is 3.79. The molecule has 268 valence electrons. The Morgan fingerprint density at radius 3 is 2.53 bits per heavy atom. The lowest BCUT2D eigenvalue weighted by Gasteiger charge is -2.34. The number of fused-ring (bicyclic) bond motifs is 3. The molecule has 0 N–H and O–H groups in total. The number of aromatic nitrogens is 2. The number of ether oxygens (including phenoxy) is 2. The summed E-state index contributed by atoms with van der Waals surface area (Å²) in [5, 5.41) is 2.80. The van der Waals surface area contributed by atoms with Gasteiger partial charge in [-0.05, 0) is 74.4 Å². The minimum atomic E-state index is -3.52. The van der Waals surface area contributed by atoms with Gasteiger partial charge in [-0.25, -0.2) is 13.2 Å². The lowest BCUT2D eigenvalue weighted by Crippen LogP contribution is -2.43. The van der Waals surface area contributed by atoms with E-state index in [-0.39, 0.29) is 30.2 Å². The van der Waals surface area contributed by atoms with E-state index in [1.807, 2.05) is 60.5 Å². The average molecular weight is 730 g/mol. The smallest absolute Gasteiger partial charge is 0.330 e. The van der Waals surface area contributed by atoms with Gasteiger partial charge in [-0.3, -0.25) is 4.90 Å². The molecule has 4 heterocycles. The Morgan fingerprint density at radius 2 is 1.75 bits per heavy atom. The molecule has 3 aliphatic rings. The number of anilines is 2. The second-order valence-electron chi connectivity index (χ2n) is 13.7. The number of carbonyl (C=O) groups is 1. The van der Waals surface area contributed by atoms with E-state index in [1.165, 1.54) is 18.9 Å². The van der Waals surface area contributed by atoms with E-state index in [4.69, 9.17) is 31.0 Å². The first-order chi connectivity index (χ1) is 24.7. The molecule has 0 atom stereocenters. The van der Waals surface area contributed by atoms with E-state index >= 15 is 0 Å². The van der Waals surface area contributed by atoms with Crippen molar-refractivity contribution in [3.63, 3.8) is 0 Å². The van der Waals surface area contributed by atoms with Gasteiger partial charge in [-0.1, -0.05) is 66.2 Å². The predicted molar refractivity (Wildman–Crippen MR) is 202 cm³/mol. The van der Waals surface area contributed by atoms with Crippen LogP contribution in [0.3, 0.4) is 0 Å². The molecule has 0 unspecified atom stereocenters. The molecule has 0 saturated carbocycles. The number of halogens is 1. The molecule has 0 amide bonds. The van der Waals surface area contributed by atoms with Crippen LogP contribution in [0, 0.1) is 0 Å². The van der Waals surface area contributed by atoms with Gasteiger partial charge in [0.05, 0.1) is 34.3 Å². The minimum Gasteiger partial charge on any atom is -0.461 e. The van der Waals surface area contributed by atoms with Crippen LogP contribution >= 0.6 is 11.6 Å². The van der Waals surface area contributed by atoms with Crippen molar-refractivity contribution in [3.05, 3.63) is 94.6 Å². The van der Waals surface area contributed by atoms with Crippen molar-refractivity contribution in [2.24, 2.45) is 0 Å². The Balaban J connectivity index is 1.06. The Labute approximate surface area is 304 Å². The van der Waals surface area contributed by atoms with Crippen LogP contribution in [0.25, 0.3) is 16.8 Å². The summed E-state index contributed by atoms with van der Waals surface area (Å²) in [6.07, 6.45) is 8.17. The SMILES string of the molecule is CN(CCS(=O)(=O)CCOC(=O)/C=C/c1ccccc1)c1nc(OCC23CCCN2CCC3)nc2c1CCN(c1cccc3cccc(Cl)c13)C2. The molecule has 0 aliphatic carbocycles. The number of nitrogens with zero attached hydrogens (tertiary/aromatic N) is 5. The number of sulfone groups is 1. The summed E-state index contributed by atoms with van der Waals surface area (Å²) < 4.78 is 37.7. The van der Waals surface area contributed by atoms with Gasteiger partial charge in [0.25, 0.3) is 0 Å². The maximum Gasteiger partial charge on any atom is 0.330 e. The van der Waals surface area contributed by atoms with Crippen molar-refractivity contribution in [3.8, 4) is 6.01 Å². The van der Waals surface area contributed by atoms with Crippen molar-refractivity contribution >= 4 is 55.8 Å². The molecule has 3 aliphatic heterocycles. The van der Waals surface area contributed by atoms with Gasteiger partial charge in [-0.2, -0.15) is 9.97 Å². The van der Waals surface area contributed by atoms with Crippen LogP contribution in [0.4, 0.5) is 11.5 Å². The fraction of sp³-hybridized carbons (Fsp3) is 0.410. The zero-order valence-electron chi connectivity index (χ0n) is 29.0. The summed E-state index contributed by atoms with van der Waals surface area (Å²) in [7, 11) is -1.66. The molecule has 0 spiro atoms. The molecule has 0 radical (unpaired) electrons. The van der Waals surface area contributed by atoms with Gasteiger partial charge in [0.2, 0.25) is 0 Å². The third kappa shape index (κ3) is 8.00. The van der Waals surface area contributed by atoms with Crippen LogP contribution in [0.1, 0.15) is 42.5 Å². The Hall–Kier alpha value is -4.19. The average Bonchev–Trinajstić information content (AvgIpc) is 3.73. The van der Waals surface area contributed by atoms with Crippen LogP contribution in [0.5, 0.6) is 6.01 Å². The zero-order valence-corrected chi connectivity index (χ0v) is 30.5. The normalized spacial score (nSPS) is 17.1. The van der Waals surface area contributed by atoms with Gasteiger partial charge >= 0.3 is 12.0 Å². The molecule has 1 aromatic heterocycles. The van der Waals surface area contributed by atoms with Crippen LogP contribution < -0.4 is 14.5 Å². The second-order valence-corrected chi connectivity index (χ2v) is 16.4. The van der Waals surface area contributed by atoms with Crippen LogP contribution in [-0.4, -0.2) is 92.7 Å². The third-order valence-corrected chi connectivity index (χ3v) is 12.3. The third-order valence-electron chi connectivity index (χ3n) is 10.4. The first-order valence-electron chi connectivity index (χ1n) is 17.7. The topological polar surface area (TPSA) is 105 Å². The van der Waals surface area contributed by atoms with Gasteiger partial charge < -0.3 is 19.3 Å². The monoisotopic (exact) mass is 729 g/mol. The van der Waals surface area contributed by atoms with E-state index in [2.05, 4.69) is 28.0 Å². The summed E-state index contributed by atoms with van der Waals surface area (Å²) in [4.78, 5) is 28.8. The van der Waals surface area contributed by atoms with Gasteiger partial charge in [0, 0.05) is 42.9 Å². The molecule has 3 aromatic carbocycles. The number of hydrogen-bond acceptors (Lipinski definition) is 10. The van der Waals surface area contributed by atoms with E-state index in [1.54, 1.807) is 6.08 Å². The van der Waals surface area contributed by atoms with Crippen molar-refractivity contribution < 1.29 is 22.7 Å². The van der Waals surface area contributed by atoms with Crippen LogP contribution in [-0.2, 0) is 32.3 Å². The van der Waals surface area contributed by atoms with Crippen molar-refractivity contribution in [1.29, 1.82) is 0 Å². The highest BCUT2D eigenvalue weighted by atomic mass is 35.5. The highest BCUT2D eigenvalue weighted by Crippen LogP contribution is 2.40. The number of rotatable bonds is 13. The standard InChI is InChI=1S/C39H44ClN5O5S/c1-43(23-25-51(47,48)26-24-49-35(46)16-15-29-9-3-2-4-10-29)37-31-17-22-44(34-14-6-12-30-11-5-13-32(40)36(30)34)27-33(31)41-38(42-37)50-28-39-18-7-20-45(39)21-8-19-39/h2-6,9-16H,7-8,17-28H2,1H3/b16-15+. The van der Waals surface area contributed by atoms with Crippen molar-refractivity contribution in [2.45, 2.75) is 44.2 Å². The fourth-order valence-electron chi connectivity index (χ4n) is 7.70. The first kappa shape index (κ1) is 35.2. The summed E-state index contributed by atoms with van der Waals surface area (Å²) in [5.74, 6) is -0.271. The number of esters is 1. The largest absolute Gasteiger partial charge is 0.461 e. The summed E-state index contributed by atoms with van der Waals surface area (Å²) >= 11 is 6.72. The summed E-state index contributed by atoms with van der Waals surface area (Å²) in [6.45, 7) is 4.00. The quantitative estimate of drug-likeness (QED) is 0.121. The number of benzene rings is 3. The van der Waals surface area contributed by atoms with Crippen molar-refractivity contribution in [1.82, 2.24) is 14.9 Å². The van der Waals surface area contributed by atoms with Gasteiger partial charge in [-0.15, -0.1) is 0 Å². The predicted octanol–water partition coefficient (Wildman–Crippen LogP) is 5.96. The maximum absolute atomic E-state index is 13.1. The number of hydrogen-bond donors (Lipinski definition) is 0. The van der Waals surface area contributed by atoms with Crippen molar-refractivity contribution in [2.75, 3.05) is 67.7 Å². The first-order valence-corrected chi connectivity index (χ1v) is 19.9. The molecule has 12 heteroatoms. The Morgan fingerprint density at radius 1 is 0.980 bits per heavy atom. The molecule has 7 rings (SSSR count). The Kier molecular flexibility index (Phi) is 10.5. The lowest BCUT2D eigenvalue weighted by molar-refractivity contribution is -0.137. The van der Waals surface area contributed by atoms with E-state index in [9.17, 15) is 13.2 Å². The molecule has 2 saturated heterocycles. The lowest BCUT2D eigenvalue weighted by atomic mass is 9.95. The zero-order chi connectivity index (χ0) is 35.4. The minimum absolute atomic E-state index is 0.0337. The molecule has 2 fully saturated rings. The van der Waals surface area contributed by atoms with E-state index in [0.29, 0.717) is 36.4 Å². The molecular weight excluding hydrogens is 686 g/mol. The maximum atomic E-state index is 13.1. The molecular formula is C39H44ClN5O5S. The second kappa shape index (κ2) is 15.2. The van der Waals surface area contributed by atoms with Crippen LogP contribution in [0.2, 0.25) is 5.02 Å². The van der Waals surface area contributed by atoms with E-state index < -0.39 is 15.8 Å². The van der Waals surface area contributed by atoms with Gasteiger partial charge in [0.15, 0.2) is 9.84 Å². The molecule has 4 aromatic rings.